The SMILES string of the molecule is Cc1cc(C2CN(C(=O)c3cccc(C#N)c3)CCO2)n2ncnc2n1. The summed E-state index contributed by atoms with van der Waals surface area (Å²) in [7, 11) is 0. The molecule has 0 spiro atoms. The third-order valence-electron chi connectivity index (χ3n) is 4.33. The molecular formula is C18H16N6O2. The molecule has 0 saturated carbocycles. The van der Waals surface area contributed by atoms with E-state index in [4.69, 9.17) is 10.00 Å². The van der Waals surface area contributed by atoms with Gasteiger partial charge in [0.1, 0.15) is 12.4 Å². The number of morpholine rings is 1. The van der Waals surface area contributed by atoms with E-state index in [1.54, 1.807) is 33.7 Å². The maximum absolute atomic E-state index is 12.8. The van der Waals surface area contributed by atoms with Gasteiger partial charge in [0, 0.05) is 17.8 Å². The van der Waals surface area contributed by atoms with Gasteiger partial charge >= 0.3 is 0 Å². The fraction of sp³-hybridized carbons (Fsp3) is 0.278. The van der Waals surface area contributed by atoms with Gasteiger partial charge in [-0.05, 0) is 31.2 Å². The van der Waals surface area contributed by atoms with Gasteiger partial charge in [0.25, 0.3) is 11.7 Å². The first-order valence-electron chi connectivity index (χ1n) is 8.24. The molecule has 1 atom stereocenters. The van der Waals surface area contributed by atoms with Crippen LogP contribution in [0.1, 0.15) is 33.4 Å². The summed E-state index contributed by atoms with van der Waals surface area (Å²) in [6.07, 6.45) is 1.13. The molecule has 3 heterocycles. The zero-order chi connectivity index (χ0) is 18.1. The second kappa shape index (κ2) is 6.54. The number of nitrogens with zero attached hydrogens (tertiary/aromatic N) is 6. The van der Waals surface area contributed by atoms with Gasteiger partial charge in [-0.25, -0.2) is 4.98 Å². The number of fused-ring (bicyclic) bond motifs is 1. The lowest BCUT2D eigenvalue weighted by Gasteiger charge is -2.33. The summed E-state index contributed by atoms with van der Waals surface area (Å²) >= 11 is 0. The molecule has 1 unspecified atom stereocenters. The first-order chi connectivity index (χ1) is 12.7. The van der Waals surface area contributed by atoms with Crippen LogP contribution in [0.2, 0.25) is 0 Å². The number of carbonyl (C=O) groups is 1. The highest BCUT2D eigenvalue weighted by Gasteiger charge is 2.28. The van der Waals surface area contributed by atoms with Crippen LogP contribution in [0.5, 0.6) is 0 Å². The van der Waals surface area contributed by atoms with Crippen LogP contribution in [-0.2, 0) is 4.74 Å². The quantitative estimate of drug-likeness (QED) is 0.696. The Labute approximate surface area is 149 Å². The first kappa shape index (κ1) is 16.2. The monoisotopic (exact) mass is 348 g/mol. The van der Waals surface area contributed by atoms with Crippen molar-refractivity contribution in [2.45, 2.75) is 13.0 Å². The molecule has 2 aromatic heterocycles. The largest absolute Gasteiger partial charge is 0.368 e. The highest BCUT2D eigenvalue weighted by atomic mass is 16.5. The molecule has 1 fully saturated rings. The predicted octanol–water partition coefficient (Wildman–Crippen LogP) is 1.52. The standard InChI is InChI=1S/C18H16N6O2/c1-12-7-15(24-18(22-12)20-11-21-24)16-10-23(5-6-26-16)17(25)14-4-2-3-13(8-14)9-19/h2-4,7-8,11,16H,5-6,10H2,1H3. The van der Waals surface area contributed by atoms with Crippen molar-refractivity contribution < 1.29 is 9.53 Å². The Morgan fingerprint density at radius 1 is 1.38 bits per heavy atom. The Balaban J connectivity index is 1.62. The molecule has 1 amide bonds. The van der Waals surface area contributed by atoms with Gasteiger partial charge in [-0.3, -0.25) is 4.79 Å². The van der Waals surface area contributed by atoms with Crippen LogP contribution in [0.15, 0.2) is 36.7 Å². The molecule has 3 aromatic rings. The Bertz CT molecular complexity index is 1020. The van der Waals surface area contributed by atoms with Crippen LogP contribution >= 0.6 is 0 Å². The number of aromatic nitrogens is 4. The minimum absolute atomic E-state index is 0.115. The number of nitriles is 1. The molecule has 0 aliphatic carbocycles. The first-order valence-corrected chi connectivity index (χ1v) is 8.24. The molecule has 0 N–H and O–H groups in total. The van der Waals surface area contributed by atoms with E-state index in [9.17, 15) is 4.79 Å². The molecule has 1 saturated heterocycles. The molecule has 1 aliphatic heterocycles. The van der Waals surface area contributed by atoms with Gasteiger partial charge in [0.05, 0.1) is 30.5 Å². The Morgan fingerprint density at radius 3 is 3.12 bits per heavy atom. The molecule has 130 valence electrons. The van der Waals surface area contributed by atoms with E-state index < -0.39 is 0 Å². The maximum atomic E-state index is 12.8. The lowest BCUT2D eigenvalue weighted by Crippen LogP contribution is -2.42. The summed E-state index contributed by atoms with van der Waals surface area (Å²) in [6, 6.07) is 10.7. The van der Waals surface area contributed by atoms with Crippen molar-refractivity contribution in [2.24, 2.45) is 0 Å². The number of aryl methyl sites for hydroxylation is 1. The van der Waals surface area contributed by atoms with Gasteiger partial charge < -0.3 is 9.64 Å². The number of benzene rings is 1. The number of carbonyl (C=O) groups excluding carboxylic acids is 1. The van der Waals surface area contributed by atoms with Crippen molar-refractivity contribution in [1.29, 1.82) is 5.26 Å². The molecule has 0 bridgehead atoms. The number of ether oxygens (including phenoxy) is 1. The molecule has 0 radical (unpaired) electrons. The van der Waals surface area contributed by atoms with Gasteiger partial charge in [0.2, 0.25) is 0 Å². The van der Waals surface area contributed by atoms with Crippen molar-refractivity contribution in [1.82, 2.24) is 24.5 Å². The zero-order valence-electron chi connectivity index (χ0n) is 14.2. The van der Waals surface area contributed by atoms with Crippen LogP contribution in [-0.4, -0.2) is 50.1 Å². The maximum Gasteiger partial charge on any atom is 0.254 e. The molecule has 1 aromatic carbocycles. The third-order valence-corrected chi connectivity index (χ3v) is 4.33. The van der Waals surface area contributed by atoms with Gasteiger partial charge in [-0.15, -0.1) is 0 Å². The van der Waals surface area contributed by atoms with Crippen LogP contribution in [0.4, 0.5) is 0 Å². The Hall–Kier alpha value is -3.31. The molecule has 8 nitrogen and oxygen atoms in total. The van der Waals surface area contributed by atoms with Gasteiger partial charge in [-0.1, -0.05) is 6.07 Å². The van der Waals surface area contributed by atoms with E-state index in [1.807, 2.05) is 13.0 Å². The van der Waals surface area contributed by atoms with E-state index in [0.717, 1.165) is 11.4 Å². The predicted molar refractivity (Wildman–Crippen MR) is 91.3 cm³/mol. The van der Waals surface area contributed by atoms with E-state index in [0.29, 0.717) is 36.6 Å². The third kappa shape index (κ3) is 2.89. The van der Waals surface area contributed by atoms with Crippen molar-refractivity contribution in [2.75, 3.05) is 19.7 Å². The van der Waals surface area contributed by atoms with Crippen molar-refractivity contribution in [3.8, 4) is 6.07 Å². The van der Waals surface area contributed by atoms with Crippen molar-refractivity contribution in [3.63, 3.8) is 0 Å². The van der Waals surface area contributed by atoms with E-state index in [1.165, 1.54) is 6.33 Å². The van der Waals surface area contributed by atoms with Crippen molar-refractivity contribution in [3.05, 3.63) is 59.2 Å². The summed E-state index contributed by atoms with van der Waals surface area (Å²) < 4.78 is 7.54. The summed E-state index contributed by atoms with van der Waals surface area (Å²) in [5.41, 5.74) is 2.60. The average Bonchev–Trinajstić information content (AvgIpc) is 3.15. The second-order valence-electron chi connectivity index (χ2n) is 6.10. The zero-order valence-corrected chi connectivity index (χ0v) is 14.2. The van der Waals surface area contributed by atoms with E-state index in [-0.39, 0.29) is 12.0 Å². The summed E-state index contributed by atoms with van der Waals surface area (Å²) in [5.74, 6) is 0.393. The van der Waals surface area contributed by atoms with Crippen molar-refractivity contribution >= 4 is 11.7 Å². The number of hydrogen-bond acceptors (Lipinski definition) is 6. The van der Waals surface area contributed by atoms with Gasteiger partial charge in [-0.2, -0.15) is 19.9 Å². The number of hydrogen-bond donors (Lipinski definition) is 0. The fourth-order valence-corrected chi connectivity index (χ4v) is 3.11. The summed E-state index contributed by atoms with van der Waals surface area (Å²) in [6.45, 7) is 3.20. The summed E-state index contributed by atoms with van der Waals surface area (Å²) in [4.78, 5) is 23.0. The normalized spacial score (nSPS) is 17.2. The minimum Gasteiger partial charge on any atom is -0.368 e. The van der Waals surface area contributed by atoms with E-state index >= 15 is 0 Å². The lowest BCUT2D eigenvalue weighted by molar-refractivity contribution is -0.0257. The molecule has 1 aliphatic rings. The van der Waals surface area contributed by atoms with Crippen LogP contribution < -0.4 is 0 Å². The highest BCUT2D eigenvalue weighted by molar-refractivity contribution is 5.94. The molecular weight excluding hydrogens is 332 g/mol. The van der Waals surface area contributed by atoms with Crippen LogP contribution in [0.3, 0.4) is 0 Å². The van der Waals surface area contributed by atoms with Crippen LogP contribution in [0, 0.1) is 18.3 Å². The minimum atomic E-state index is -0.322. The highest BCUT2D eigenvalue weighted by Crippen LogP contribution is 2.24. The summed E-state index contributed by atoms with van der Waals surface area (Å²) in [5, 5.41) is 13.2. The molecule has 8 heteroatoms. The Morgan fingerprint density at radius 2 is 2.27 bits per heavy atom. The van der Waals surface area contributed by atoms with Crippen LogP contribution in [0.25, 0.3) is 5.78 Å². The van der Waals surface area contributed by atoms with E-state index in [2.05, 4.69) is 21.1 Å². The second-order valence-corrected chi connectivity index (χ2v) is 6.10. The molecule has 4 rings (SSSR count). The number of rotatable bonds is 2. The fourth-order valence-electron chi connectivity index (χ4n) is 3.11. The smallest absolute Gasteiger partial charge is 0.254 e. The average molecular weight is 348 g/mol. The van der Waals surface area contributed by atoms with Gasteiger partial charge in [0.15, 0.2) is 0 Å². The Kier molecular flexibility index (Phi) is 4.07. The molecule has 26 heavy (non-hydrogen) atoms. The number of amides is 1. The topological polar surface area (TPSA) is 96.4 Å². The lowest BCUT2D eigenvalue weighted by atomic mass is 10.1.